The van der Waals surface area contributed by atoms with Crippen LogP contribution in [0.1, 0.15) is 50.6 Å². The lowest BCUT2D eigenvalue weighted by Crippen LogP contribution is -2.37. The quantitative estimate of drug-likeness (QED) is 0.823. The third-order valence-electron chi connectivity index (χ3n) is 5.49. The van der Waals surface area contributed by atoms with Crippen LogP contribution in [-0.2, 0) is 16.1 Å². The number of hydrogen-bond donors (Lipinski definition) is 0. The fourth-order valence-corrected chi connectivity index (χ4v) is 3.94. The first kappa shape index (κ1) is 18.3. The van der Waals surface area contributed by atoms with Crippen LogP contribution in [0, 0.1) is 0 Å². The van der Waals surface area contributed by atoms with Gasteiger partial charge in [-0.1, -0.05) is 6.07 Å². The molecule has 2 saturated heterocycles. The standard InChI is InChI=1S/C20H31N3O2/c1-22(16-17-7-2-4-11-21-17)18-8-6-12-23(13-10-18)20(24)15-19-9-3-5-14-25-19/h2,4,7,11,18-19H,3,5-6,8-10,12-16H2,1H3/t18-,19+/m0/s1. The van der Waals surface area contributed by atoms with E-state index in [0.29, 0.717) is 12.5 Å². The summed E-state index contributed by atoms with van der Waals surface area (Å²) in [5.41, 5.74) is 1.11. The molecule has 3 heterocycles. The maximum absolute atomic E-state index is 12.6. The summed E-state index contributed by atoms with van der Waals surface area (Å²) in [6, 6.07) is 6.59. The molecule has 0 radical (unpaired) electrons. The Bertz CT molecular complexity index is 531. The summed E-state index contributed by atoms with van der Waals surface area (Å²) in [6.07, 6.45) is 9.19. The van der Waals surface area contributed by atoms with E-state index in [1.54, 1.807) is 0 Å². The molecule has 1 aromatic rings. The highest BCUT2D eigenvalue weighted by Gasteiger charge is 2.25. The Labute approximate surface area is 151 Å². The van der Waals surface area contributed by atoms with Crippen molar-refractivity contribution in [3.05, 3.63) is 30.1 Å². The van der Waals surface area contributed by atoms with E-state index in [2.05, 4.69) is 27.9 Å². The van der Waals surface area contributed by atoms with E-state index in [1.807, 2.05) is 18.3 Å². The van der Waals surface area contributed by atoms with Crippen molar-refractivity contribution in [2.75, 3.05) is 26.7 Å². The first-order chi connectivity index (χ1) is 12.2. The predicted molar refractivity (Wildman–Crippen MR) is 98.1 cm³/mol. The molecule has 5 nitrogen and oxygen atoms in total. The van der Waals surface area contributed by atoms with Crippen molar-refractivity contribution in [2.24, 2.45) is 0 Å². The maximum Gasteiger partial charge on any atom is 0.225 e. The number of hydrogen-bond acceptors (Lipinski definition) is 4. The van der Waals surface area contributed by atoms with Crippen LogP contribution in [0.5, 0.6) is 0 Å². The van der Waals surface area contributed by atoms with E-state index in [1.165, 1.54) is 6.42 Å². The number of rotatable bonds is 5. The van der Waals surface area contributed by atoms with Gasteiger partial charge in [-0.15, -0.1) is 0 Å². The summed E-state index contributed by atoms with van der Waals surface area (Å²) in [6.45, 7) is 3.44. The molecule has 0 unspecified atom stereocenters. The topological polar surface area (TPSA) is 45.7 Å². The minimum atomic E-state index is 0.145. The van der Waals surface area contributed by atoms with Crippen LogP contribution < -0.4 is 0 Å². The molecule has 0 bridgehead atoms. The molecule has 3 rings (SSSR count). The van der Waals surface area contributed by atoms with Crippen LogP contribution in [0.25, 0.3) is 0 Å². The van der Waals surface area contributed by atoms with E-state index >= 15 is 0 Å². The zero-order valence-corrected chi connectivity index (χ0v) is 15.4. The Kier molecular flexibility index (Phi) is 6.82. The van der Waals surface area contributed by atoms with Gasteiger partial charge in [-0.25, -0.2) is 0 Å². The van der Waals surface area contributed by atoms with Gasteiger partial charge in [0.15, 0.2) is 0 Å². The molecule has 0 N–H and O–H groups in total. The minimum Gasteiger partial charge on any atom is -0.378 e. The molecule has 2 atom stereocenters. The number of aromatic nitrogens is 1. The Morgan fingerprint density at radius 1 is 1.24 bits per heavy atom. The van der Waals surface area contributed by atoms with E-state index in [4.69, 9.17) is 4.74 Å². The van der Waals surface area contributed by atoms with E-state index in [9.17, 15) is 4.79 Å². The Balaban J connectivity index is 1.47. The Morgan fingerprint density at radius 3 is 2.92 bits per heavy atom. The van der Waals surface area contributed by atoms with Crippen LogP contribution in [0.15, 0.2) is 24.4 Å². The largest absolute Gasteiger partial charge is 0.378 e. The average Bonchev–Trinajstić information content (AvgIpc) is 2.90. The third-order valence-corrected chi connectivity index (χ3v) is 5.49. The number of nitrogens with zero attached hydrogens (tertiary/aromatic N) is 3. The molecule has 2 aliphatic heterocycles. The Morgan fingerprint density at radius 2 is 2.16 bits per heavy atom. The summed E-state index contributed by atoms with van der Waals surface area (Å²) < 4.78 is 5.73. The first-order valence-corrected chi connectivity index (χ1v) is 9.72. The van der Waals surface area contributed by atoms with Gasteiger partial charge < -0.3 is 9.64 Å². The van der Waals surface area contributed by atoms with E-state index < -0.39 is 0 Å². The molecule has 0 saturated carbocycles. The lowest BCUT2D eigenvalue weighted by atomic mass is 10.1. The molecule has 0 aliphatic carbocycles. The fourth-order valence-electron chi connectivity index (χ4n) is 3.94. The van der Waals surface area contributed by atoms with Crippen LogP contribution in [-0.4, -0.2) is 59.6 Å². The highest BCUT2D eigenvalue weighted by molar-refractivity contribution is 5.76. The molecule has 138 valence electrons. The van der Waals surface area contributed by atoms with Gasteiger partial charge in [-0.2, -0.15) is 0 Å². The molecule has 5 heteroatoms. The molecule has 25 heavy (non-hydrogen) atoms. The van der Waals surface area contributed by atoms with Gasteiger partial charge in [-0.3, -0.25) is 14.7 Å². The molecular weight excluding hydrogens is 314 g/mol. The number of pyridine rings is 1. The molecule has 0 spiro atoms. The van der Waals surface area contributed by atoms with Gasteiger partial charge in [-0.05, 0) is 57.7 Å². The number of carbonyl (C=O) groups is 1. The van der Waals surface area contributed by atoms with Crippen LogP contribution >= 0.6 is 0 Å². The van der Waals surface area contributed by atoms with Gasteiger partial charge >= 0.3 is 0 Å². The summed E-state index contributed by atoms with van der Waals surface area (Å²) in [7, 11) is 2.17. The first-order valence-electron chi connectivity index (χ1n) is 9.72. The molecule has 1 amide bonds. The minimum absolute atomic E-state index is 0.145. The second-order valence-electron chi connectivity index (χ2n) is 7.39. The maximum atomic E-state index is 12.6. The normalized spacial score (nSPS) is 25.0. The van der Waals surface area contributed by atoms with Gasteiger partial charge in [0.25, 0.3) is 0 Å². The predicted octanol–water partition coefficient (Wildman–Crippen LogP) is 2.85. The van der Waals surface area contributed by atoms with Crippen molar-refractivity contribution in [1.29, 1.82) is 0 Å². The highest BCUT2D eigenvalue weighted by atomic mass is 16.5. The van der Waals surface area contributed by atoms with Crippen LogP contribution in [0.4, 0.5) is 0 Å². The number of amides is 1. The SMILES string of the molecule is CN(Cc1ccccn1)[C@H]1CCCN(C(=O)C[C@H]2CCCCO2)CC1. The number of carbonyl (C=O) groups excluding carboxylic acids is 1. The lowest BCUT2D eigenvalue weighted by Gasteiger charge is -2.28. The van der Waals surface area contributed by atoms with E-state index in [0.717, 1.165) is 64.0 Å². The summed E-state index contributed by atoms with van der Waals surface area (Å²) in [4.78, 5) is 21.5. The second kappa shape index (κ2) is 9.30. The van der Waals surface area contributed by atoms with Crippen molar-refractivity contribution in [1.82, 2.24) is 14.8 Å². The van der Waals surface area contributed by atoms with Gasteiger partial charge in [0.2, 0.25) is 5.91 Å². The molecule has 2 fully saturated rings. The van der Waals surface area contributed by atoms with Crippen molar-refractivity contribution in [3.8, 4) is 0 Å². The molecule has 2 aliphatic rings. The number of ether oxygens (including phenoxy) is 1. The monoisotopic (exact) mass is 345 g/mol. The lowest BCUT2D eigenvalue weighted by molar-refractivity contribution is -0.135. The van der Waals surface area contributed by atoms with Crippen molar-refractivity contribution >= 4 is 5.91 Å². The number of likely N-dealkylation sites (tertiary alicyclic amines) is 1. The van der Waals surface area contributed by atoms with Gasteiger partial charge in [0, 0.05) is 38.5 Å². The molecule has 1 aromatic heterocycles. The zero-order valence-electron chi connectivity index (χ0n) is 15.4. The van der Waals surface area contributed by atoms with Crippen LogP contribution in [0.3, 0.4) is 0 Å². The zero-order chi connectivity index (χ0) is 17.5. The smallest absolute Gasteiger partial charge is 0.225 e. The van der Waals surface area contributed by atoms with Gasteiger partial charge in [0.05, 0.1) is 18.2 Å². The molecular formula is C20H31N3O2. The highest BCUT2D eigenvalue weighted by Crippen LogP contribution is 2.20. The Hall–Kier alpha value is -1.46. The second-order valence-corrected chi connectivity index (χ2v) is 7.39. The van der Waals surface area contributed by atoms with Crippen molar-refractivity contribution in [2.45, 2.75) is 63.6 Å². The van der Waals surface area contributed by atoms with E-state index in [-0.39, 0.29) is 12.0 Å². The fraction of sp³-hybridized carbons (Fsp3) is 0.700. The summed E-state index contributed by atoms with van der Waals surface area (Å²) >= 11 is 0. The van der Waals surface area contributed by atoms with Crippen molar-refractivity contribution < 1.29 is 9.53 Å². The molecule has 0 aromatic carbocycles. The van der Waals surface area contributed by atoms with Gasteiger partial charge in [0.1, 0.15) is 0 Å². The van der Waals surface area contributed by atoms with Crippen LogP contribution in [0.2, 0.25) is 0 Å². The summed E-state index contributed by atoms with van der Waals surface area (Å²) in [5.74, 6) is 0.278. The third kappa shape index (κ3) is 5.51. The summed E-state index contributed by atoms with van der Waals surface area (Å²) in [5, 5.41) is 0. The average molecular weight is 345 g/mol. The van der Waals surface area contributed by atoms with Crippen molar-refractivity contribution in [3.63, 3.8) is 0 Å².